The fraction of sp³-hybridized carbons (Fsp3) is 0.474. The molecule has 2 rings (SSSR count). The minimum absolute atomic E-state index is 0.679. The first-order chi connectivity index (χ1) is 10.8. The highest BCUT2D eigenvalue weighted by Crippen LogP contribution is 2.36. The molecule has 22 heavy (non-hydrogen) atoms. The van der Waals surface area contributed by atoms with Crippen LogP contribution in [-0.2, 0) is 0 Å². The van der Waals surface area contributed by atoms with E-state index in [0.29, 0.717) is 6.61 Å². The molecule has 0 N–H and O–H groups in total. The van der Waals surface area contributed by atoms with Crippen LogP contribution >= 0.6 is 15.9 Å². The molecule has 0 bridgehead atoms. The molecular weight excluding hydrogens is 340 g/mol. The highest BCUT2D eigenvalue weighted by atomic mass is 79.9. The molecular formula is C19H25BrO2. The number of benzene rings is 2. The maximum absolute atomic E-state index is 6.05. The van der Waals surface area contributed by atoms with E-state index in [1.54, 1.807) is 0 Å². The van der Waals surface area contributed by atoms with Gasteiger partial charge in [0.2, 0.25) is 0 Å². The number of unbranched alkanes of at least 4 members (excludes halogenated alkanes) is 3. The van der Waals surface area contributed by atoms with Crippen molar-refractivity contribution in [3.05, 3.63) is 35.9 Å². The van der Waals surface area contributed by atoms with Gasteiger partial charge in [-0.05, 0) is 38.3 Å². The number of ether oxygens (including phenoxy) is 2. The summed E-state index contributed by atoms with van der Waals surface area (Å²) < 4.78 is 11.9. The van der Waals surface area contributed by atoms with Crippen LogP contribution in [0.3, 0.4) is 0 Å². The Hall–Kier alpha value is -1.22. The van der Waals surface area contributed by atoms with E-state index in [-0.39, 0.29) is 0 Å². The zero-order valence-corrected chi connectivity index (χ0v) is 15.1. The Morgan fingerprint density at radius 1 is 0.955 bits per heavy atom. The average molecular weight is 365 g/mol. The Balaban J connectivity index is 2.11. The van der Waals surface area contributed by atoms with E-state index in [4.69, 9.17) is 9.47 Å². The van der Waals surface area contributed by atoms with Gasteiger partial charge in [-0.15, -0.1) is 0 Å². The zero-order valence-electron chi connectivity index (χ0n) is 13.5. The number of halogens is 1. The Morgan fingerprint density at radius 3 is 2.41 bits per heavy atom. The van der Waals surface area contributed by atoms with Crippen LogP contribution in [0.1, 0.15) is 38.2 Å². The normalized spacial score (nSPS) is 10.9. The molecule has 0 fully saturated rings. The van der Waals surface area contributed by atoms with Gasteiger partial charge in [0.25, 0.3) is 0 Å². The van der Waals surface area contributed by atoms with Crippen LogP contribution in [0.15, 0.2) is 30.3 Å². The van der Waals surface area contributed by atoms with Crippen molar-refractivity contribution in [2.45, 2.75) is 39.5 Å². The molecule has 0 heterocycles. The van der Waals surface area contributed by atoms with E-state index >= 15 is 0 Å². The molecule has 120 valence electrons. The van der Waals surface area contributed by atoms with Crippen molar-refractivity contribution < 1.29 is 9.47 Å². The van der Waals surface area contributed by atoms with Crippen molar-refractivity contribution in [1.29, 1.82) is 0 Å². The van der Waals surface area contributed by atoms with Crippen molar-refractivity contribution in [3.8, 4) is 11.5 Å². The molecule has 0 aliphatic carbocycles. The second kappa shape index (κ2) is 9.04. The molecule has 0 aliphatic heterocycles. The van der Waals surface area contributed by atoms with E-state index < -0.39 is 0 Å². The van der Waals surface area contributed by atoms with Gasteiger partial charge in [-0.25, -0.2) is 0 Å². The lowest BCUT2D eigenvalue weighted by Crippen LogP contribution is -2.01. The van der Waals surface area contributed by atoms with Crippen LogP contribution < -0.4 is 9.47 Å². The first kappa shape index (κ1) is 17.1. The van der Waals surface area contributed by atoms with Crippen molar-refractivity contribution in [1.82, 2.24) is 0 Å². The summed E-state index contributed by atoms with van der Waals surface area (Å²) in [5.74, 6) is 1.94. The quantitative estimate of drug-likeness (QED) is 0.408. The summed E-state index contributed by atoms with van der Waals surface area (Å²) in [7, 11) is 0. The Kier molecular flexibility index (Phi) is 7.04. The molecule has 0 aromatic heterocycles. The van der Waals surface area contributed by atoms with Crippen LogP contribution in [-0.4, -0.2) is 18.5 Å². The fourth-order valence-corrected chi connectivity index (χ4v) is 3.03. The largest absolute Gasteiger partial charge is 0.493 e. The maximum Gasteiger partial charge on any atom is 0.130 e. The number of rotatable bonds is 9. The lowest BCUT2D eigenvalue weighted by atomic mass is 10.0. The summed E-state index contributed by atoms with van der Waals surface area (Å²) in [4.78, 5) is 0. The number of hydrogen-bond acceptors (Lipinski definition) is 2. The van der Waals surface area contributed by atoms with Crippen LogP contribution in [0, 0.1) is 6.92 Å². The van der Waals surface area contributed by atoms with Gasteiger partial charge in [0.1, 0.15) is 11.5 Å². The van der Waals surface area contributed by atoms with E-state index in [1.165, 1.54) is 19.3 Å². The van der Waals surface area contributed by atoms with E-state index in [0.717, 1.165) is 46.2 Å². The third-order valence-corrected chi connectivity index (χ3v) is 4.28. The SMILES string of the molecule is CCOc1c(C)cc(OCCCCCCBr)c2ccccc12. The number of fused-ring (bicyclic) bond motifs is 1. The van der Waals surface area contributed by atoms with Gasteiger partial charge in [-0.2, -0.15) is 0 Å². The van der Waals surface area contributed by atoms with E-state index in [2.05, 4.69) is 47.1 Å². The van der Waals surface area contributed by atoms with Gasteiger partial charge in [0.15, 0.2) is 0 Å². The number of alkyl halides is 1. The smallest absolute Gasteiger partial charge is 0.130 e. The molecule has 0 radical (unpaired) electrons. The summed E-state index contributed by atoms with van der Waals surface area (Å²) in [6, 6.07) is 10.4. The minimum Gasteiger partial charge on any atom is -0.493 e. The van der Waals surface area contributed by atoms with Crippen LogP contribution in [0.4, 0.5) is 0 Å². The monoisotopic (exact) mass is 364 g/mol. The third-order valence-electron chi connectivity index (χ3n) is 3.72. The summed E-state index contributed by atoms with van der Waals surface area (Å²) in [5.41, 5.74) is 1.13. The van der Waals surface area contributed by atoms with Crippen molar-refractivity contribution in [2.24, 2.45) is 0 Å². The molecule has 3 heteroatoms. The summed E-state index contributed by atoms with van der Waals surface area (Å²) in [5, 5.41) is 3.37. The lowest BCUT2D eigenvalue weighted by Gasteiger charge is -2.15. The summed E-state index contributed by atoms with van der Waals surface area (Å²) >= 11 is 3.47. The van der Waals surface area contributed by atoms with Crippen molar-refractivity contribution >= 4 is 26.7 Å². The van der Waals surface area contributed by atoms with Crippen molar-refractivity contribution in [3.63, 3.8) is 0 Å². The third kappa shape index (κ3) is 4.39. The second-order valence-electron chi connectivity index (χ2n) is 5.45. The second-order valence-corrected chi connectivity index (χ2v) is 6.24. The molecule has 0 atom stereocenters. The first-order valence-electron chi connectivity index (χ1n) is 8.11. The zero-order chi connectivity index (χ0) is 15.8. The van der Waals surface area contributed by atoms with Gasteiger partial charge in [-0.3, -0.25) is 0 Å². The Bertz CT molecular complexity index is 595. The van der Waals surface area contributed by atoms with E-state index in [9.17, 15) is 0 Å². The summed E-state index contributed by atoms with van der Waals surface area (Å²) in [6.45, 7) is 5.56. The Labute approximate surface area is 141 Å². The molecule has 2 nitrogen and oxygen atoms in total. The molecule has 2 aromatic carbocycles. The minimum atomic E-state index is 0.679. The number of aryl methyl sites for hydroxylation is 1. The predicted octanol–water partition coefficient (Wildman–Crippen LogP) is 5.88. The summed E-state index contributed by atoms with van der Waals surface area (Å²) in [6.07, 6.45) is 4.83. The van der Waals surface area contributed by atoms with Gasteiger partial charge >= 0.3 is 0 Å². The van der Waals surface area contributed by atoms with Crippen LogP contribution in [0.25, 0.3) is 10.8 Å². The predicted molar refractivity (Wildman–Crippen MR) is 97.6 cm³/mol. The van der Waals surface area contributed by atoms with E-state index in [1.807, 2.05) is 13.0 Å². The van der Waals surface area contributed by atoms with Gasteiger partial charge < -0.3 is 9.47 Å². The van der Waals surface area contributed by atoms with Crippen LogP contribution in [0.5, 0.6) is 11.5 Å². The molecule has 0 unspecified atom stereocenters. The molecule has 0 saturated carbocycles. The molecule has 2 aromatic rings. The molecule has 0 saturated heterocycles. The standard InChI is InChI=1S/C19H25BrO2/c1-3-21-19-15(2)14-18(16-10-6-7-11-17(16)19)22-13-9-5-4-8-12-20/h6-7,10-11,14H,3-5,8-9,12-13H2,1-2H3. The average Bonchev–Trinajstić information content (AvgIpc) is 2.54. The van der Waals surface area contributed by atoms with Gasteiger partial charge in [-0.1, -0.05) is 53.0 Å². The topological polar surface area (TPSA) is 18.5 Å². The highest BCUT2D eigenvalue weighted by Gasteiger charge is 2.11. The van der Waals surface area contributed by atoms with Crippen molar-refractivity contribution in [2.75, 3.05) is 18.5 Å². The molecule has 0 amide bonds. The highest BCUT2D eigenvalue weighted by molar-refractivity contribution is 9.09. The maximum atomic E-state index is 6.05. The first-order valence-corrected chi connectivity index (χ1v) is 9.24. The van der Waals surface area contributed by atoms with Gasteiger partial charge in [0.05, 0.1) is 13.2 Å². The molecule has 0 aliphatic rings. The van der Waals surface area contributed by atoms with Gasteiger partial charge in [0, 0.05) is 16.1 Å². The molecule has 0 spiro atoms. The fourth-order valence-electron chi connectivity index (χ4n) is 2.64. The van der Waals surface area contributed by atoms with Crippen LogP contribution in [0.2, 0.25) is 0 Å². The number of hydrogen-bond donors (Lipinski definition) is 0. The Morgan fingerprint density at radius 2 is 1.68 bits per heavy atom. The lowest BCUT2D eigenvalue weighted by molar-refractivity contribution is 0.307.